The van der Waals surface area contributed by atoms with Crippen LogP contribution in [0, 0.1) is 0 Å². The van der Waals surface area contributed by atoms with Crippen LogP contribution in [0.5, 0.6) is 17.2 Å². The lowest BCUT2D eigenvalue weighted by molar-refractivity contribution is 0.103. The molecular formula is C16H17ClO4. The summed E-state index contributed by atoms with van der Waals surface area (Å²) in [5, 5.41) is 10.9. The monoisotopic (exact) mass is 308 g/mol. The van der Waals surface area contributed by atoms with Crippen molar-refractivity contribution in [1.29, 1.82) is 0 Å². The Morgan fingerprint density at radius 2 is 1.67 bits per heavy atom. The fourth-order valence-corrected chi connectivity index (χ4v) is 2.20. The number of ether oxygens (including phenoxy) is 3. The van der Waals surface area contributed by atoms with Gasteiger partial charge < -0.3 is 19.3 Å². The van der Waals surface area contributed by atoms with E-state index in [1.54, 1.807) is 56.7 Å². The highest BCUT2D eigenvalue weighted by atomic mass is 35.5. The normalized spacial score (nSPS) is 11.8. The second-order valence-corrected chi connectivity index (χ2v) is 4.80. The topological polar surface area (TPSA) is 47.9 Å². The zero-order valence-corrected chi connectivity index (χ0v) is 12.6. The first-order valence-electron chi connectivity index (χ1n) is 6.43. The van der Waals surface area contributed by atoms with Crippen LogP contribution in [-0.2, 0) is 0 Å². The van der Waals surface area contributed by atoms with E-state index in [1.165, 1.54) is 0 Å². The number of benzene rings is 2. The molecule has 2 rings (SSSR count). The summed E-state index contributed by atoms with van der Waals surface area (Å²) < 4.78 is 16.1. The van der Waals surface area contributed by atoms with Crippen molar-refractivity contribution in [3.8, 4) is 17.2 Å². The molecule has 0 aromatic heterocycles. The predicted octanol–water partition coefficient (Wildman–Crippen LogP) is 3.47. The molecule has 0 amide bonds. The molecule has 1 unspecified atom stereocenters. The van der Waals surface area contributed by atoms with E-state index in [9.17, 15) is 5.11 Å². The van der Waals surface area contributed by atoms with Crippen molar-refractivity contribution >= 4 is 11.6 Å². The summed E-state index contributed by atoms with van der Waals surface area (Å²) in [5.41, 5.74) is 0.560. The summed E-state index contributed by atoms with van der Waals surface area (Å²) in [7, 11) is 3.09. The minimum absolute atomic E-state index is 0.0665. The molecule has 1 N–H and O–H groups in total. The van der Waals surface area contributed by atoms with Gasteiger partial charge in [0.05, 0.1) is 19.8 Å². The first-order valence-corrected chi connectivity index (χ1v) is 6.80. The van der Waals surface area contributed by atoms with Gasteiger partial charge in [-0.1, -0.05) is 23.7 Å². The zero-order chi connectivity index (χ0) is 15.2. The maximum Gasteiger partial charge on any atom is 0.128 e. The third kappa shape index (κ3) is 3.80. The number of aliphatic hydroxyl groups is 1. The van der Waals surface area contributed by atoms with Crippen LogP contribution in [-0.4, -0.2) is 25.9 Å². The molecule has 112 valence electrons. The van der Waals surface area contributed by atoms with E-state index >= 15 is 0 Å². The minimum atomic E-state index is -0.880. The van der Waals surface area contributed by atoms with Crippen LogP contribution in [0.15, 0.2) is 42.5 Å². The first-order chi connectivity index (χ1) is 10.2. The van der Waals surface area contributed by atoms with Gasteiger partial charge in [-0.3, -0.25) is 0 Å². The van der Waals surface area contributed by atoms with Gasteiger partial charge in [-0.25, -0.2) is 0 Å². The average molecular weight is 309 g/mol. The number of hydrogen-bond donors (Lipinski definition) is 1. The smallest absolute Gasteiger partial charge is 0.128 e. The summed E-state index contributed by atoms with van der Waals surface area (Å²) in [4.78, 5) is 0. The second kappa shape index (κ2) is 7.20. The Kier molecular flexibility index (Phi) is 5.31. The zero-order valence-electron chi connectivity index (χ0n) is 11.9. The Bertz CT molecular complexity index is 578. The molecule has 2 aromatic carbocycles. The fourth-order valence-electron chi connectivity index (χ4n) is 2.02. The van der Waals surface area contributed by atoms with Gasteiger partial charge in [-0.05, 0) is 30.3 Å². The summed E-state index contributed by atoms with van der Waals surface area (Å²) in [6, 6.07) is 12.3. The van der Waals surface area contributed by atoms with Crippen LogP contribution < -0.4 is 14.2 Å². The van der Waals surface area contributed by atoms with Gasteiger partial charge in [0, 0.05) is 5.02 Å². The minimum Gasteiger partial charge on any atom is -0.496 e. The summed E-state index contributed by atoms with van der Waals surface area (Å²) in [6.07, 6.45) is -0.880. The van der Waals surface area contributed by atoms with Crippen molar-refractivity contribution in [3.05, 3.63) is 53.1 Å². The Labute approximate surface area is 128 Å². The number of aliphatic hydroxyl groups excluding tert-OH is 1. The van der Waals surface area contributed by atoms with E-state index < -0.39 is 6.10 Å². The molecule has 0 spiro atoms. The second-order valence-electron chi connectivity index (χ2n) is 4.36. The van der Waals surface area contributed by atoms with Crippen LogP contribution in [0.3, 0.4) is 0 Å². The third-order valence-corrected chi connectivity index (χ3v) is 3.24. The SMILES string of the molecule is COc1cccc(OC)c1C(O)COc1cccc(Cl)c1. The molecule has 21 heavy (non-hydrogen) atoms. The van der Waals surface area contributed by atoms with Crippen molar-refractivity contribution in [2.24, 2.45) is 0 Å². The summed E-state index contributed by atoms with van der Waals surface area (Å²) in [5.74, 6) is 1.70. The van der Waals surface area contributed by atoms with E-state index in [-0.39, 0.29) is 6.61 Å². The molecule has 0 aliphatic carbocycles. The molecule has 0 aliphatic rings. The molecule has 0 aliphatic heterocycles. The molecule has 0 heterocycles. The quantitative estimate of drug-likeness (QED) is 0.887. The molecule has 0 saturated carbocycles. The van der Waals surface area contributed by atoms with E-state index in [1.807, 2.05) is 0 Å². The van der Waals surface area contributed by atoms with Crippen molar-refractivity contribution in [1.82, 2.24) is 0 Å². The van der Waals surface area contributed by atoms with E-state index in [0.29, 0.717) is 27.8 Å². The molecule has 5 heteroatoms. The lowest BCUT2D eigenvalue weighted by Gasteiger charge is -2.18. The Hall–Kier alpha value is -1.91. The van der Waals surface area contributed by atoms with Gasteiger partial charge in [0.1, 0.15) is 30.0 Å². The van der Waals surface area contributed by atoms with Gasteiger partial charge in [0.25, 0.3) is 0 Å². The lowest BCUT2D eigenvalue weighted by atomic mass is 10.1. The van der Waals surface area contributed by atoms with Crippen LogP contribution in [0.4, 0.5) is 0 Å². The fraction of sp³-hybridized carbons (Fsp3) is 0.250. The van der Waals surface area contributed by atoms with Crippen LogP contribution in [0.2, 0.25) is 5.02 Å². The maximum absolute atomic E-state index is 10.4. The molecule has 4 nitrogen and oxygen atoms in total. The van der Waals surface area contributed by atoms with Crippen molar-refractivity contribution in [2.75, 3.05) is 20.8 Å². The van der Waals surface area contributed by atoms with Crippen LogP contribution in [0.25, 0.3) is 0 Å². The lowest BCUT2D eigenvalue weighted by Crippen LogP contribution is -2.12. The van der Waals surface area contributed by atoms with Gasteiger partial charge in [-0.15, -0.1) is 0 Å². The molecule has 0 fully saturated rings. The third-order valence-electron chi connectivity index (χ3n) is 3.00. The van der Waals surface area contributed by atoms with Gasteiger partial charge in [0.15, 0.2) is 0 Å². The molecule has 0 bridgehead atoms. The van der Waals surface area contributed by atoms with Gasteiger partial charge in [0.2, 0.25) is 0 Å². The molecule has 1 atom stereocenters. The standard InChI is InChI=1S/C16H17ClO4/c1-19-14-7-4-8-15(20-2)16(14)13(18)10-21-12-6-3-5-11(17)9-12/h3-9,13,18H,10H2,1-2H3. The number of rotatable bonds is 6. The van der Waals surface area contributed by atoms with Gasteiger partial charge in [-0.2, -0.15) is 0 Å². The first kappa shape index (κ1) is 15.5. The summed E-state index contributed by atoms with van der Waals surface area (Å²) >= 11 is 5.89. The van der Waals surface area contributed by atoms with Crippen LogP contribution in [0.1, 0.15) is 11.7 Å². The molecule has 0 radical (unpaired) electrons. The molecule has 0 saturated heterocycles. The molecule has 2 aromatic rings. The summed E-state index contributed by atoms with van der Waals surface area (Å²) in [6.45, 7) is 0.0665. The Morgan fingerprint density at radius 1 is 1.05 bits per heavy atom. The Morgan fingerprint density at radius 3 is 2.24 bits per heavy atom. The number of methoxy groups -OCH3 is 2. The highest BCUT2D eigenvalue weighted by Crippen LogP contribution is 2.34. The van der Waals surface area contributed by atoms with Crippen molar-refractivity contribution in [2.45, 2.75) is 6.10 Å². The number of hydrogen-bond acceptors (Lipinski definition) is 4. The van der Waals surface area contributed by atoms with Crippen LogP contribution >= 0.6 is 11.6 Å². The highest BCUT2D eigenvalue weighted by Gasteiger charge is 2.19. The highest BCUT2D eigenvalue weighted by molar-refractivity contribution is 6.30. The van der Waals surface area contributed by atoms with Crippen molar-refractivity contribution < 1.29 is 19.3 Å². The predicted molar refractivity (Wildman–Crippen MR) is 81.5 cm³/mol. The van der Waals surface area contributed by atoms with Gasteiger partial charge >= 0.3 is 0 Å². The average Bonchev–Trinajstić information content (AvgIpc) is 2.51. The van der Waals surface area contributed by atoms with E-state index in [2.05, 4.69) is 0 Å². The maximum atomic E-state index is 10.4. The van der Waals surface area contributed by atoms with Crippen molar-refractivity contribution in [3.63, 3.8) is 0 Å². The molecular weight excluding hydrogens is 292 g/mol. The largest absolute Gasteiger partial charge is 0.496 e. The number of halogens is 1. The van der Waals surface area contributed by atoms with E-state index in [4.69, 9.17) is 25.8 Å². The Balaban J connectivity index is 2.15. The van der Waals surface area contributed by atoms with E-state index in [0.717, 1.165) is 0 Å².